The molecule has 0 saturated carbocycles. The maximum atomic E-state index is 13.4. The molecule has 4 aromatic carbocycles. The number of ether oxygens (including phenoxy) is 2. The molecular formula is C43H44Cl2N2O6. The van der Waals surface area contributed by atoms with Crippen molar-refractivity contribution < 1.29 is 28.7 Å². The number of hydrogen-bond acceptors (Lipinski definition) is 6. The van der Waals surface area contributed by atoms with Crippen molar-refractivity contribution in [1.29, 1.82) is 0 Å². The van der Waals surface area contributed by atoms with Gasteiger partial charge in [0.15, 0.2) is 0 Å². The maximum Gasteiger partial charge on any atom is 0.417 e. The summed E-state index contributed by atoms with van der Waals surface area (Å²) in [6, 6.07) is 33.2. The van der Waals surface area contributed by atoms with Crippen molar-refractivity contribution in [1.82, 2.24) is 9.80 Å². The molecule has 2 saturated heterocycles. The maximum absolute atomic E-state index is 13.4. The minimum absolute atomic E-state index is 0.201. The Morgan fingerprint density at radius 1 is 0.679 bits per heavy atom. The molecule has 0 N–H and O–H groups in total. The lowest BCUT2D eigenvalue weighted by atomic mass is 9.93. The molecule has 276 valence electrons. The van der Waals surface area contributed by atoms with Crippen molar-refractivity contribution in [3.8, 4) is 0 Å². The van der Waals surface area contributed by atoms with Gasteiger partial charge >= 0.3 is 12.2 Å². The summed E-state index contributed by atoms with van der Waals surface area (Å²) in [5.74, 6) is -0.773. The highest BCUT2D eigenvalue weighted by molar-refractivity contribution is 6.30. The summed E-state index contributed by atoms with van der Waals surface area (Å²) in [6.07, 6.45) is 1.94. The lowest BCUT2D eigenvalue weighted by Gasteiger charge is -2.24. The third kappa shape index (κ3) is 10.2. The Kier molecular flexibility index (Phi) is 13.5. The first kappa shape index (κ1) is 39.3. The van der Waals surface area contributed by atoms with E-state index in [1.807, 2.05) is 131 Å². The Morgan fingerprint density at radius 2 is 1.13 bits per heavy atom. The Hall–Kier alpha value is -4.92. The fraction of sp³-hybridized carbons (Fsp3) is 0.302. The average molecular weight is 756 g/mol. The van der Waals surface area contributed by atoms with Crippen LogP contribution in [0.2, 0.25) is 10.0 Å². The minimum Gasteiger partial charge on any atom is -0.439 e. The van der Waals surface area contributed by atoms with E-state index in [2.05, 4.69) is 0 Å². The largest absolute Gasteiger partial charge is 0.439 e. The van der Waals surface area contributed by atoms with Crippen LogP contribution in [0.15, 0.2) is 121 Å². The first-order valence-corrected chi connectivity index (χ1v) is 18.5. The van der Waals surface area contributed by atoms with Crippen LogP contribution in [0.3, 0.4) is 0 Å². The van der Waals surface area contributed by atoms with Gasteiger partial charge in [-0.3, -0.25) is 9.59 Å². The topological polar surface area (TPSA) is 93.2 Å². The molecule has 0 aliphatic carbocycles. The summed E-state index contributed by atoms with van der Waals surface area (Å²) in [7, 11) is 0. The van der Waals surface area contributed by atoms with Gasteiger partial charge in [-0.05, 0) is 93.5 Å². The van der Waals surface area contributed by atoms with Gasteiger partial charge in [0.05, 0.1) is 12.1 Å². The second-order valence-electron chi connectivity index (χ2n) is 13.6. The molecule has 0 aromatic heterocycles. The van der Waals surface area contributed by atoms with Crippen molar-refractivity contribution in [2.45, 2.75) is 77.7 Å². The van der Waals surface area contributed by atoms with Gasteiger partial charge in [-0.1, -0.05) is 120 Å². The summed E-state index contributed by atoms with van der Waals surface area (Å²) in [4.78, 5) is 53.1. The van der Waals surface area contributed by atoms with Crippen LogP contribution in [0.4, 0.5) is 9.59 Å². The van der Waals surface area contributed by atoms with Gasteiger partial charge in [-0.15, -0.1) is 0 Å². The first-order chi connectivity index (χ1) is 25.4. The summed E-state index contributed by atoms with van der Waals surface area (Å²) in [5, 5.41) is 1.32. The second-order valence-corrected chi connectivity index (χ2v) is 14.4. The van der Waals surface area contributed by atoms with Gasteiger partial charge in [0, 0.05) is 22.4 Å². The van der Waals surface area contributed by atoms with E-state index in [1.54, 1.807) is 12.1 Å². The molecule has 53 heavy (non-hydrogen) atoms. The van der Waals surface area contributed by atoms with E-state index in [0.717, 1.165) is 27.8 Å². The Bertz CT molecular complexity index is 1900. The number of carbonyl (C=O) groups excluding carboxylic acids is 4. The highest BCUT2D eigenvalue weighted by atomic mass is 35.5. The Labute approximate surface area is 321 Å². The van der Waals surface area contributed by atoms with Crippen molar-refractivity contribution in [2.24, 2.45) is 5.92 Å². The number of amides is 4. The van der Waals surface area contributed by atoms with Gasteiger partial charge in [-0.25, -0.2) is 19.4 Å². The molecule has 0 spiro atoms. The predicted molar refractivity (Wildman–Crippen MR) is 206 cm³/mol. The number of aryl methyl sites for hydroxylation is 1. The summed E-state index contributed by atoms with van der Waals surface area (Å²) < 4.78 is 11.0. The van der Waals surface area contributed by atoms with Gasteiger partial charge in [-0.2, -0.15) is 0 Å². The molecule has 0 bridgehead atoms. The van der Waals surface area contributed by atoms with Crippen LogP contribution in [-0.2, 0) is 31.9 Å². The molecule has 2 aliphatic rings. The van der Waals surface area contributed by atoms with Crippen LogP contribution in [0.5, 0.6) is 0 Å². The molecule has 4 aromatic rings. The fourth-order valence-electron chi connectivity index (χ4n) is 6.50. The SMILES string of the molecule is CC(C)=CC[C@H](Cc1ccc(Cl)cc1)C(=O)N1C(=O)O[C@@H](c2ccccc2)[C@H]1C.C[C@@H]1[C@H](c2ccccc2)OC(=O)N1C(=O)CCc1ccc(Cl)cc1. The smallest absolute Gasteiger partial charge is 0.417 e. The monoisotopic (exact) mass is 754 g/mol. The third-order valence-electron chi connectivity index (χ3n) is 9.40. The van der Waals surface area contributed by atoms with Crippen LogP contribution in [0.1, 0.15) is 75.0 Å². The lowest BCUT2D eigenvalue weighted by molar-refractivity contribution is -0.133. The van der Waals surface area contributed by atoms with Crippen LogP contribution >= 0.6 is 23.2 Å². The number of allylic oxidation sites excluding steroid dienone is 2. The fourth-order valence-corrected chi connectivity index (χ4v) is 6.76. The first-order valence-electron chi connectivity index (χ1n) is 17.7. The second kappa shape index (κ2) is 18.2. The molecule has 2 heterocycles. The summed E-state index contributed by atoms with van der Waals surface area (Å²) in [5.41, 5.74) is 4.94. The summed E-state index contributed by atoms with van der Waals surface area (Å²) in [6.45, 7) is 7.70. The lowest BCUT2D eigenvalue weighted by Crippen LogP contribution is -2.42. The van der Waals surface area contributed by atoms with Crippen molar-refractivity contribution in [2.75, 3.05) is 0 Å². The van der Waals surface area contributed by atoms with Crippen LogP contribution in [0.25, 0.3) is 0 Å². The highest BCUT2D eigenvalue weighted by Gasteiger charge is 2.45. The van der Waals surface area contributed by atoms with Gasteiger partial charge in [0.25, 0.3) is 0 Å². The quantitative estimate of drug-likeness (QED) is 0.150. The zero-order valence-corrected chi connectivity index (χ0v) is 31.8. The van der Waals surface area contributed by atoms with E-state index in [9.17, 15) is 19.2 Å². The molecule has 6 rings (SSSR count). The van der Waals surface area contributed by atoms with E-state index in [4.69, 9.17) is 32.7 Å². The van der Waals surface area contributed by atoms with Crippen molar-refractivity contribution in [3.63, 3.8) is 0 Å². The summed E-state index contributed by atoms with van der Waals surface area (Å²) >= 11 is 11.8. The molecule has 2 aliphatic heterocycles. The number of benzene rings is 4. The number of halogens is 2. The normalized spacial score (nSPS) is 19.8. The zero-order chi connectivity index (χ0) is 38.1. The van der Waals surface area contributed by atoms with E-state index in [1.165, 1.54) is 9.80 Å². The standard InChI is InChI=1S/C24H26ClNO3.C19H18ClNO3/c1-16(2)9-12-20(15-18-10-13-21(25)14-11-18)23(27)26-17(3)22(29-24(26)28)19-7-5-4-6-8-19;1-13-18(15-5-3-2-4-6-15)24-19(23)21(13)17(22)12-9-14-7-10-16(20)11-8-14/h4-11,13-14,17,20,22H,12,15H2,1-3H3;2-8,10-11,13,18H,9,12H2,1H3/t17-,20-,22-;13-,18-/m11/s1. The van der Waals surface area contributed by atoms with E-state index in [-0.39, 0.29) is 36.2 Å². The molecule has 2 fully saturated rings. The zero-order valence-electron chi connectivity index (χ0n) is 30.3. The van der Waals surface area contributed by atoms with Gasteiger partial charge in [0.1, 0.15) is 12.2 Å². The van der Waals surface area contributed by atoms with E-state index >= 15 is 0 Å². The molecular weight excluding hydrogens is 711 g/mol. The van der Waals surface area contributed by atoms with Crippen LogP contribution in [0, 0.1) is 5.92 Å². The molecule has 10 heteroatoms. The molecule has 8 nitrogen and oxygen atoms in total. The Balaban J connectivity index is 0.000000208. The predicted octanol–water partition coefficient (Wildman–Crippen LogP) is 10.3. The highest BCUT2D eigenvalue weighted by Crippen LogP contribution is 2.35. The third-order valence-corrected chi connectivity index (χ3v) is 9.90. The van der Waals surface area contributed by atoms with Crippen LogP contribution < -0.4 is 0 Å². The van der Waals surface area contributed by atoms with E-state index < -0.39 is 24.4 Å². The number of hydrogen-bond donors (Lipinski definition) is 0. The average Bonchev–Trinajstić information content (AvgIpc) is 3.63. The van der Waals surface area contributed by atoms with Crippen molar-refractivity contribution >= 4 is 47.2 Å². The van der Waals surface area contributed by atoms with Gasteiger partial charge < -0.3 is 9.47 Å². The molecule has 5 atom stereocenters. The number of imide groups is 2. The Morgan fingerprint density at radius 3 is 1.62 bits per heavy atom. The minimum atomic E-state index is -0.574. The van der Waals surface area contributed by atoms with Crippen LogP contribution in [-0.4, -0.2) is 45.9 Å². The number of nitrogens with zero attached hydrogens (tertiary/aromatic N) is 2. The number of rotatable bonds is 10. The van der Waals surface area contributed by atoms with Gasteiger partial charge in [0.2, 0.25) is 11.8 Å². The number of cyclic esters (lactones) is 2. The molecule has 0 radical (unpaired) electrons. The number of carbonyl (C=O) groups is 4. The van der Waals surface area contributed by atoms with Crippen molar-refractivity contribution in [3.05, 3.63) is 153 Å². The van der Waals surface area contributed by atoms with E-state index in [0.29, 0.717) is 29.3 Å². The molecule has 0 unspecified atom stereocenters. The molecule has 4 amide bonds.